The van der Waals surface area contributed by atoms with E-state index in [1.165, 1.54) is 5.56 Å². The van der Waals surface area contributed by atoms with E-state index in [0.29, 0.717) is 5.56 Å². The highest BCUT2D eigenvalue weighted by Crippen LogP contribution is 2.13. The van der Waals surface area contributed by atoms with Crippen LogP contribution in [0, 0.1) is 6.67 Å². The molecular weight excluding hydrogens is 262 g/mol. The minimum atomic E-state index is 0.0607. The van der Waals surface area contributed by atoms with E-state index in [4.69, 9.17) is 0 Å². The van der Waals surface area contributed by atoms with Crippen molar-refractivity contribution in [1.82, 2.24) is 9.91 Å². The summed E-state index contributed by atoms with van der Waals surface area (Å²) >= 11 is 0. The summed E-state index contributed by atoms with van der Waals surface area (Å²) in [4.78, 5) is 14.1. The predicted octanol–water partition coefficient (Wildman–Crippen LogP) is 2.75. The Balaban J connectivity index is 1.54. The lowest BCUT2D eigenvalue weighted by Crippen LogP contribution is -2.25. The predicted molar refractivity (Wildman–Crippen MR) is 82.3 cm³/mol. The zero-order chi connectivity index (χ0) is 14.5. The molecule has 0 atom stereocenters. The SMILES string of the molecule is O=C(CN1[CH]N(Cc2ccccc2)C=N1)c1ccccc1. The van der Waals surface area contributed by atoms with E-state index in [1.54, 1.807) is 11.3 Å². The molecule has 0 fully saturated rings. The van der Waals surface area contributed by atoms with Gasteiger partial charge in [-0.1, -0.05) is 60.7 Å². The van der Waals surface area contributed by atoms with Gasteiger partial charge in [-0.05, 0) is 5.56 Å². The monoisotopic (exact) mass is 278 g/mol. The van der Waals surface area contributed by atoms with Gasteiger partial charge in [-0.15, -0.1) is 0 Å². The van der Waals surface area contributed by atoms with E-state index in [0.717, 1.165) is 6.54 Å². The Bertz CT molecular complexity index is 625. The molecule has 0 spiro atoms. The summed E-state index contributed by atoms with van der Waals surface area (Å²) in [5, 5.41) is 5.90. The summed E-state index contributed by atoms with van der Waals surface area (Å²) in [5.41, 5.74) is 1.92. The Labute approximate surface area is 124 Å². The lowest BCUT2D eigenvalue weighted by atomic mass is 10.1. The number of carbonyl (C=O) groups excluding carboxylic acids is 1. The number of rotatable bonds is 5. The molecule has 0 N–H and O–H groups in total. The summed E-state index contributed by atoms with van der Waals surface area (Å²) in [5.74, 6) is 0.0607. The first-order valence-corrected chi connectivity index (χ1v) is 6.85. The van der Waals surface area contributed by atoms with Gasteiger partial charge in [0, 0.05) is 12.1 Å². The Hall–Kier alpha value is -2.62. The Morgan fingerprint density at radius 3 is 2.33 bits per heavy atom. The van der Waals surface area contributed by atoms with Gasteiger partial charge in [0.05, 0.1) is 0 Å². The van der Waals surface area contributed by atoms with Gasteiger partial charge in [-0.25, -0.2) is 0 Å². The third-order valence-corrected chi connectivity index (χ3v) is 3.24. The molecule has 2 aromatic rings. The lowest BCUT2D eigenvalue weighted by Gasteiger charge is -2.17. The number of nitrogens with zero attached hydrogens (tertiary/aromatic N) is 3. The summed E-state index contributed by atoms with van der Waals surface area (Å²) < 4.78 is 0. The second kappa shape index (κ2) is 6.22. The average molecular weight is 278 g/mol. The van der Waals surface area contributed by atoms with Crippen LogP contribution in [0.4, 0.5) is 0 Å². The van der Waals surface area contributed by atoms with Gasteiger partial charge in [0.1, 0.15) is 12.9 Å². The fourth-order valence-corrected chi connectivity index (χ4v) is 2.18. The number of hydrogen-bond acceptors (Lipinski definition) is 4. The van der Waals surface area contributed by atoms with Gasteiger partial charge in [-0.2, -0.15) is 5.10 Å². The van der Waals surface area contributed by atoms with Crippen LogP contribution in [0.2, 0.25) is 0 Å². The van der Waals surface area contributed by atoms with Crippen LogP contribution >= 0.6 is 0 Å². The van der Waals surface area contributed by atoms with Crippen LogP contribution in [-0.4, -0.2) is 28.6 Å². The van der Waals surface area contributed by atoms with E-state index >= 15 is 0 Å². The topological polar surface area (TPSA) is 35.9 Å². The summed E-state index contributed by atoms with van der Waals surface area (Å²) in [6, 6.07) is 19.4. The molecule has 0 unspecified atom stereocenters. The van der Waals surface area contributed by atoms with Crippen LogP contribution in [0.25, 0.3) is 0 Å². The first-order valence-electron chi connectivity index (χ1n) is 6.85. The van der Waals surface area contributed by atoms with Crippen LogP contribution < -0.4 is 0 Å². The van der Waals surface area contributed by atoms with E-state index < -0.39 is 0 Å². The first kappa shape index (κ1) is 13.4. The van der Waals surface area contributed by atoms with Gasteiger partial charge in [0.15, 0.2) is 12.5 Å². The second-order valence-electron chi connectivity index (χ2n) is 4.89. The van der Waals surface area contributed by atoms with E-state index in [-0.39, 0.29) is 12.3 Å². The molecule has 21 heavy (non-hydrogen) atoms. The Morgan fingerprint density at radius 1 is 0.952 bits per heavy atom. The van der Waals surface area contributed by atoms with E-state index in [2.05, 4.69) is 17.2 Å². The van der Waals surface area contributed by atoms with Crippen LogP contribution in [0.5, 0.6) is 0 Å². The molecule has 0 amide bonds. The van der Waals surface area contributed by atoms with Crippen molar-refractivity contribution >= 4 is 12.1 Å². The fraction of sp³-hybridized carbons (Fsp3) is 0.118. The zero-order valence-electron chi connectivity index (χ0n) is 11.6. The third kappa shape index (κ3) is 3.48. The molecular formula is C17H16N3O. The lowest BCUT2D eigenvalue weighted by molar-refractivity contribution is 0.0944. The molecule has 0 aromatic heterocycles. The van der Waals surface area contributed by atoms with Crippen LogP contribution in [0.15, 0.2) is 65.8 Å². The fourth-order valence-electron chi connectivity index (χ4n) is 2.18. The third-order valence-electron chi connectivity index (χ3n) is 3.24. The minimum Gasteiger partial charge on any atom is -0.332 e. The molecule has 0 saturated carbocycles. The molecule has 105 valence electrons. The quantitative estimate of drug-likeness (QED) is 0.789. The summed E-state index contributed by atoms with van der Waals surface area (Å²) in [6.45, 7) is 2.86. The maximum atomic E-state index is 12.1. The minimum absolute atomic E-state index is 0.0607. The van der Waals surface area contributed by atoms with E-state index in [9.17, 15) is 4.79 Å². The molecule has 1 heterocycles. The molecule has 1 aliphatic heterocycles. The number of carbonyl (C=O) groups is 1. The number of hydrazone groups is 1. The second-order valence-corrected chi connectivity index (χ2v) is 4.89. The van der Waals surface area contributed by atoms with Crippen LogP contribution in [0.3, 0.4) is 0 Å². The Kier molecular flexibility index (Phi) is 3.96. The largest absolute Gasteiger partial charge is 0.332 e. The highest BCUT2D eigenvalue weighted by Gasteiger charge is 2.18. The molecule has 2 aromatic carbocycles. The molecule has 4 nitrogen and oxygen atoms in total. The van der Waals surface area contributed by atoms with Crippen molar-refractivity contribution in [2.75, 3.05) is 6.54 Å². The zero-order valence-corrected chi connectivity index (χ0v) is 11.6. The summed E-state index contributed by atoms with van der Waals surface area (Å²) in [7, 11) is 0. The van der Waals surface area contributed by atoms with E-state index in [1.807, 2.05) is 60.1 Å². The normalized spacial score (nSPS) is 13.7. The molecule has 4 heteroatoms. The molecule has 1 aliphatic rings. The maximum absolute atomic E-state index is 12.1. The first-order chi connectivity index (χ1) is 10.3. The van der Waals surface area contributed by atoms with Crippen molar-refractivity contribution in [2.45, 2.75) is 6.54 Å². The molecule has 0 bridgehead atoms. The van der Waals surface area contributed by atoms with Crippen molar-refractivity contribution in [3.8, 4) is 0 Å². The number of hydrogen-bond donors (Lipinski definition) is 0. The van der Waals surface area contributed by atoms with Crippen molar-refractivity contribution < 1.29 is 4.79 Å². The van der Waals surface area contributed by atoms with Gasteiger partial charge in [-0.3, -0.25) is 9.80 Å². The van der Waals surface area contributed by atoms with Crippen LogP contribution in [-0.2, 0) is 6.54 Å². The molecule has 0 saturated heterocycles. The van der Waals surface area contributed by atoms with Gasteiger partial charge < -0.3 is 4.90 Å². The summed E-state index contributed by atoms with van der Waals surface area (Å²) in [6.07, 6.45) is 1.74. The maximum Gasteiger partial charge on any atom is 0.183 e. The Morgan fingerprint density at radius 2 is 1.62 bits per heavy atom. The van der Waals surface area contributed by atoms with Crippen molar-refractivity contribution in [1.29, 1.82) is 0 Å². The molecule has 0 aliphatic carbocycles. The number of Topliss-reactive ketones (excluding diaryl/α,β-unsaturated/α-hetero) is 1. The van der Waals surface area contributed by atoms with Crippen molar-refractivity contribution in [2.24, 2.45) is 5.10 Å². The highest BCUT2D eigenvalue weighted by atomic mass is 16.1. The van der Waals surface area contributed by atoms with Crippen molar-refractivity contribution in [3.63, 3.8) is 0 Å². The number of benzene rings is 2. The van der Waals surface area contributed by atoms with Gasteiger partial charge in [0.2, 0.25) is 0 Å². The number of ketones is 1. The van der Waals surface area contributed by atoms with Crippen LogP contribution in [0.1, 0.15) is 15.9 Å². The smallest absolute Gasteiger partial charge is 0.183 e. The van der Waals surface area contributed by atoms with Gasteiger partial charge >= 0.3 is 0 Å². The van der Waals surface area contributed by atoms with Gasteiger partial charge in [0.25, 0.3) is 0 Å². The molecule has 3 rings (SSSR count). The standard InChI is InChI=1S/C17H16N3O/c21-17(16-9-5-2-6-10-16)12-20-14-19(13-18-20)11-15-7-3-1-4-8-15/h1-10,13-14H,11-12H2. The van der Waals surface area contributed by atoms with Crippen molar-refractivity contribution in [3.05, 3.63) is 78.5 Å². The highest BCUT2D eigenvalue weighted by molar-refractivity contribution is 5.97. The average Bonchev–Trinajstić information content (AvgIpc) is 2.96. The molecule has 1 radical (unpaired) electrons.